The third-order valence-electron chi connectivity index (χ3n) is 7.09. The summed E-state index contributed by atoms with van der Waals surface area (Å²) in [6, 6.07) is 0. The van der Waals surface area contributed by atoms with Crippen molar-refractivity contribution in [3.8, 4) is 0 Å². The van der Waals surface area contributed by atoms with Crippen LogP contribution in [0.1, 0.15) is 80.0 Å². The Morgan fingerprint density at radius 1 is 1.06 bits per heavy atom. The Labute approximate surface area is 209 Å². The van der Waals surface area contributed by atoms with E-state index >= 15 is 0 Å². The van der Waals surface area contributed by atoms with Gasteiger partial charge in [-0.05, 0) is 39.5 Å². The van der Waals surface area contributed by atoms with Gasteiger partial charge in [0.15, 0.2) is 0 Å². The molecule has 0 bridgehead atoms. The van der Waals surface area contributed by atoms with E-state index in [0.29, 0.717) is 38.0 Å². The lowest BCUT2D eigenvalue weighted by atomic mass is 9.85. The van der Waals surface area contributed by atoms with Gasteiger partial charge in [0.2, 0.25) is 0 Å². The molecule has 9 heteroatoms. The first-order valence-electron chi connectivity index (χ1n) is 13.0. The first-order chi connectivity index (χ1) is 16.6. The van der Waals surface area contributed by atoms with E-state index in [1.165, 1.54) is 6.08 Å². The first kappa shape index (κ1) is 29.7. The molecule has 0 saturated carbocycles. The predicted molar refractivity (Wildman–Crippen MR) is 131 cm³/mol. The number of aliphatic hydroxyl groups is 3. The number of hydrogen-bond acceptors (Lipinski definition) is 8. The Kier molecular flexibility index (Phi) is 12.6. The van der Waals surface area contributed by atoms with Crippen LogP contribution in [-0.4, -0.2) is 82.2 Å². The molecule has 0 spiro atoms. The van der Waals surface area contributed by atoms with Crippen molar-refractivity contribution in [2.24, 2.45) is 11.8 Å². The van der Waals surface area contributed by atoms with Crippen molar-refractivity contribution >= 4 is 11.9 Å². The highest BCUT2D eigenvalue weighted by Gasteiger charge is 2.48. The van der Waals surface area contributed by atoms with Crippen LogP contribution in [0, 0.1) is 11.8 Å². The molecule has 35 heavy (non-hydrogen) atoms. The van der Waals surface area contributed by atoms with Crippen molar-refractivity contribution in [1.82, 2.24) is 0 Å². The molecular formula is C26H46O9. The molecule has 9 nitrogen and oxygen atoms in total. The molecule has 2 aliphatic heterocycles. The summed E-state index contributed by atoms with van der Waals surface area (Å²) in [4.78, 5) is 22.5. The van der Waals surface area contributed by atoms with Crippen molar-refractivity contribution in [2.45, 2.75) is 115 Å². The highest BCUT2D eigenvalue weighted by Crippen LogP contribution is 2.38. The fraction of sp³-hybridized carbons (Fsp3) is 0.846. The van der Waals surface area contributed by atoms with Crippen LogP contribution in [0.5, 0.6) is 0 Å². The number of epoxide rings is 1. The fourth-order valence-corrected chi connectivity index (χ4v) is 4.59. The van der Waals surface area contributed by atoms with Gasteiger partial charge in [-0.25, -0.2) is 4.79 Å². The quantitative estimate of drug-likeness (QED) is 0.108. The number of esters is 1. The number of aliphatic hydroxyl groups excluding tert-OH is 3. The molecule has 2 saturated heterocycles. The van der Waals surface area contributed by atoms with Crippen LogP contribution in [-0.2, 0) is 23.8 Å². The largest absolute Gasteiger partial charge is 0.481 e. The van der Waals surface area contributed by atoms with E-state index in [1.807, 2.05) is 6.92 Å². The third-order valence-corrected chi connectivity index (χ3v) is 7.09. The minimum Gasteiger partial charge on any atom is -0.481 e. The number of ether oxygens (including phenoxy) is 3. The number of carbonyl (C=O) groups excluding carboxylic acids is 1. The monoisotopic (exact) mass is 502 g/mol. The maximum Gasteiger partial charge on any atom is 0.330 e. The summed E-state index contributed by atoms with van der Waals surface area (Å²) < 4.78 is 16.7. The zero-order chi connectivity index (χ0) is 26.0. The lowest BCUT2D eigenvalue weighted by Crippen LogP contribution is -2.50. The molecule has 0 amide bonds. The number of unbranched alkanes of at least 4 members (excludes halogenated alkanes) is 5. The highest BCUT2D eigenvalue weighted by atomic mass is 16.6. The second kappa shape index (κ2) is 14.9. The van der Waals surface area contributed by atoms with Gasteiger partial charge in [-0.3, -0.25) is 4.79 Å². The Balaban J connectivity index is 0.00000648. The Hall–Kier alpha value is -1.52. The van der Waals surface area contributed by atoms with E-state index in [-0.39, 0.29) is 31.9 Å². The minimum atomic E-state index is -1.06. The van der Waals surface area contributed by atoms with Crippen molar-refractivity contribution in [1.29, 1.82) is 0 Å². The summed E-state index contributed by atoms with van der Waals surface area (Å²) >= 11 is 0. The van der Waals surface area contributed by atoms with E-state index in [2.05, 4.69) is 0 Å². The van der Waals surface area contributed by atoms with Crippen molar-refractivity contribution in [2.75, 3.05) is 13.2 Å². The molecule has 2 rings (SSSR count). The lowest BCUT2D eigenvalue weighted by Gasteiger charge is -2.38. The van der Waals surface area contributed by atoms with Gasteiger partial charge in [0.05, 0.1) is 43.7 Å². The molecular weight excluding hydrogens is 456 g/mol. The zero-order valence-electron chi connectivity index (χ0n) is 21.3. The Morgan fingerprint density at radius 3 is 2.37 bits per heavy atom. The molecule has 2 heterocycles. The maximum atomic E-state index is 12.1. The molecule has 0 aromatic rings. The van der Waals surface area contributed by atoms with Gasteiger partial charge < -0.3 is 34.6 Å². The van der Waals surface area contributed by atoms with Crippen LogP contribution in [0.25, 0.3) is 0 Å². The average molecular weight is 503 g/mol. The van der Waals surface area contributed by atoms with E-state index in [0.717, 1.165) is 32.1 Å². The van der Waals surface area contributed by atoms with Crippen LogP contribution in [0.15, 0.2) is 11.6 Å². The van der Waals surface area contributed by atoms with E-state index in [1.54, 1.807) is 13.8 Å². The topological polar surface area (TPSA) is 146 Å². The standard InChI is InChI=1S/C26H44O9.H2/c1-16(13-23(30)33-11-9-7-5-4-6-8-10-22(28)29)12-20-25(32)24(31)19(15-34-20)14-21-26(35-21)17(2)18(3)27;/h13,17-21,24-27,31-32H,4-12,14-15H2,1-3H3,(H,28,29);1H/b16-13+;/t17-,18-,19-,20-,21-,24+,25?,26-;/m0./s1. The summed E-state index contributed by atoms with van der Waals surface area (Å²) in [5.74, 6) is -1.42. The van der Waals surface area contributed by atoms with Crippen LogP contribution in [0.3, 0.4) is 0 Å². The van der Waals surface area contributed by atoms with E-state index in [4.69, 9.17) is 19.3 Å². The molecule has 0 radical (unpaired) electrons. The summed E-state index contributed by atoms with van der Waals surface area (Å²) in [5, 5.41) is 39.5. The van der Waals surface area contributed by atoms with Crippen LogP contribution >= 0.6 is 0 Å². The predicted octanol–water partition coefficient (Wildman–Crippen LogP) is 2.84. The molecule has 4 N–H and O–H groups in total. The van der Waals surface area contributed by atoms with Gasteiger partial charge in [-0.1, -0.05) is 38.2 Å². The summed E-state index contributed by atoms with van der Waals surface area (Å²) in [7, 11) is 0. The molecule has 8 atom stereocenters. The summed E-state index contributed by atoms with van der Waals surface area (Å²) in [6.45, 7) is 6.07. The van der Waals surface area contributed by atoms with Crippen molar-refractivity contribution in [3.05, 3.63) is 11.6 Å². The maximum absolute atomic E-state index is 12.1. The Morgan fingerprint density at radius 2 is 1.71 bits per heavy atom. The molecule has 1 unspecified atom stereocenters. The SMILES string of the molecule is C/C(=C\C(=O)OCCCCCCCCC(=O)O)C[C@@H]1OC[C@H](C[C@@H]2O[C@H]2[C@@H](C)[C@H](C)O)[C@@H](O)C1O.[HH]. The average Bonchev–Trinajstić information content (AvgIpc) is 3.55. The van der Waals surface area contributed by atoms with Gasteiger partial charge in [-0.15, -0.1) is 0 Å². The smallest absolute Gasteiger partial charge is 0.330 e. The second-order valence-electron chi connectivity index (χ2n) is 10.2. The van der Waals surface area contributed by atoms with Gasteiger partial charge >= 0.3 is 11.9 Å². The van der Waals surface area contributed by atoms with Crippen LogP contribution < -0.4 is 0 Å². The molecule has 204 valence electrons. The summed E-state index contributed by atoms with van der Waals surface area (Å²) in [6.07, 6.45) is 4.61. The van der Waals surface area contributed by atoms with Gasteiger partial charge in [0.1, 0.15) is 6.10 Å². The second-order valence-corrected chi connectivity index (χ2v) is 10.2. The molecule has 2 fully saturated rings. The Bertz CT molecular complexity index is 699. The minimum absolute atomic E-state index is 0. The van der Waals surface area contributed by atoms with E-state index in [9.17, 15) is 24.9 Å². The fourth-order valence-electron chi connectivity index (χ4n) is 4.59. The number of carboxylic acids is 1. The molecule has 0 aliphatic carbocycles. The normalized spacial score (nSPS) is 30.5. The summed E-state index contributed by atoms with van der Waals surface area (Å²) in [5.41, 5.74) is 0.708. The van der Waals surface area contributed by atoms with E-state index < -0.39 is 36.4 Å². The molecule has 2 aliphatic rings. The van der Waals surface area contributed by atoms with Crippen molar-refractivity contribution in [3.63, 3.8) is 0 Å². The highest BCUT2D eigenvalue weighted by molar-refractivity contribution is 5.82. The lowest BCUT2D eigenvalue weighted by molar-refractivity contribution is -0.165. The van der Waals surface area contributed by atoms with Crippen LogP contribution in [0.2, 0.25) is 0 Å². The number of rotatable bonds is 16. The third kappa shape index (κ3) is 10.6. The first-order valence-corrected chi connectivity index (χ1v) is 13.0. The zero-order valence-corrected chi connectivity index (χ0v) is 21.3. The molecule has 0 aromatic heterocycles. The number of carboxylic acid groups (broad SMARTS) is 1. The number of hydrogen-bond donors (Lipinski definition) is 4. The van der Waals surface area contributed by atoms with Crippen LogP contribution in [0.4, 0.5) is 0 Å². The van der Waals surface area contributed by atoms with Gasteiger partial charge in [0, 0.05) is 25.8 Å². The number of aliphatic carboxylic acids is 1. The number of carbonyl (C=O) groups is 2. The molecule has 0 aromatic carbocycles. The van der Waals surface area contributed by atoms with Gasteiger partial charge in [-0.2, -0.15) is 0 Å². The van der Waals surface area contributed by atoms with Gasteiger partial charge in [0.25, 0.3) is 0 Å². The van der Waals surface area contributed by atoms with Crippen molar-refractivity contribution < 1.29 is 45.7 Å².